The Kier molecular flexibility index (Phi) is 3.49. The van der Waals surface area contributed by atoms with Gasteiger partial charge in [0.2, 0.25) is 5.91 Å². The first-order valence-corrected chi connectivity index (χ1v) is 7.20. The van der Waals surface area contributed by atoms with Gasteiger partial charge in [0, 0.05) is 24.5 Å². The topological polar surface area (TPSA) is 20.3 Å². The van der Waals surface area contributed by atoms with Gasteiger partial charge in [-0.2, -0.15) is 0 Å². The molecular weight excluding hydrogens is 270 g/mol. The Bertz CT molecular complexity index is 649. The van der Waals surface area contributed by atoms with Crippen molar-refractivity contribution in [3.63, 3.8) is 0 Å². The number of rotatable bonds is 2. The van der Waals surface area contributed by atoms with Crippen molar-refractivity contribution >= 4 is 17.5 Å². The first kappa shape index (κ1) is 13.2. The maximum atomic E-state index is 11.8. The summed E-state index contributed by atoms with van der Waals surface area (Å²) >= 11 is 5.92. The number of fused-ring (bicyclic) bond motifs is 1. The van der Waals surface area contributed by atoms with Crippen molar-refractivity contribution in [2.75, 3.05) is 0 Å². The molecule has 1 amide bonds. The van der Waals surface area contributed by atoms with E-state index >= 15 is 0 Å². The second-order valence-corrected chi connectivity index (χ2v) is 5.53. The van der Waals surface area contributed by atoms with E-state index in [1.165, 1.54) is 16.7 Å². The van der Waals surface area contributed by atoms with Crippen molar-refractivity contribution in [2.24, 2.45) is 0 Å². The largest absolute Gasteiger partial charge is 0.334 e. The number of hydrogen-bond donors (Lipinski definition) is 0. The van der Waals surface area contributed by atoms with Crippen LogP contribution in [0.4, 0.5) is 0 Å². The average molecular weight is 286 g/mol. The zero-order valence-corrected chi connectivity index (χ0v) is 12.2. The van der Waals surface area contributed by atoms with Crippen molar-refractivity contribution in [1.82, 2.24) is 4.90 Å². The van der Waals surface area contributed by atoms with Gasteiger partial charge in [-0.15, -0.1) is 0 Å². The maximum absolute atomic E-state index is 11.8. The van der Waals surface area contributed by atoms with Crippen LogP contribution in [0.3, 0.4) is 0 Å². The SMILES string of the molecule is CCC(=O)N1Cc2ccc(-c3ccc(Cl)cc3)cc2C1. The standard InChI is InChI=1S/C17H16ClNO/c1-2-17(20)19-10-14-4-3-13(9-15(14)11-19)12-5-7-16(18)8-6-12/h3-9H,2,10-11H2,1H3. The molecule has 0 aliphatic carbocycles. The monoisotopic (exact) mass is 285 g/mol. The highest BCUT2D eigenvalue weighted by Crippen LogP contribution is 2.29. The first-order chi connectivity index (χ1) is 9.67. The molecule has 2 aromatic rings. The number of carbonyl (C=O) groups is 1. The highest BCUT2D eigenvalue weighted by molar-refractivity contribution is 6.30. The lowest BCUT2D eigenvalue weighted by Gasteiger charge is -2.13. The molecule has 0 aromatic heterocycles. The predicted octanol–water partition coefficient (Wildman–Crippen LogP) is 4.26. The summed E-state index contributed by atoms with van der Waals surface area (Å²) in [5, 5.41) is 0.745. The number of hydrogen-bond acceptors (Lipinski definition) is 1. The molecule has 3 rings (SSSR count). The van der Waals surface area contributed by atoms with E-state index in [1.807, 2.05) is 36.1 Å². The second-order valence-electron chi connectivity index (χ2n) is 5.09. The molecule has 1 heterocycles. The van der Waals surface area contributed by atoms with Crippen LogP contribution < -0.4 is 0 Å². The summed E-state index contributed by atoms with van der Waals surface area (Å²) < 4.78 is 0. The lowest BCUT2D eigenvalue weighted by Crippen LogP contribution is -2.23. The lowest BCUT2D eigenvalue weighted by atomic mass is 10.0. The Morgan fingerprint density at radius 1 is 1.05 bits per heavy atom. The summed E-state index contributed by atoms with van der Waals surface area (Å²) in [6.07, 6.45) is 0.567. The fraction of sp³-hybridized carbons (Fsp3) is 0.235. The summed E-state index contributed by atoms with van der Waals surface area (Å²) in [6.45, 7) is 3.37. The minimum absolute atomic E-state index is 0.217. The van der Waals surface area contributed by atoms with E-state index in [0.29, 0.717) is 6.42 Å². The molecule has 0 bridgehead atoms. The number of halogens is 1. The van der Waals surface area contributed by atoms with E-state index in [2.05, 4.69) is 18.2 Å². The zero-order chi connectivity index (χ0) is 14.1. The van der Waals surface area contributed by atoms with Crippen LogP contribution in [0, 0.1) is 0 Å². The van der Waals surface area contributed by atoms with Gasteiger partial charge in [-0.3, -0.25) is 4.79 Å². The average Bonchev–Trinajstić information content (AvgIpc) is 2.90. The molecule has 0 unspecified atom stereocenters. The second kappa shape index (κ2) is 5.29. The summed E-state index contributed by atoms with van der Waals surface area (Å²) in [5.74, 6) is 0.217. The van der Waals surface area contributed by atoms with Crippen molar-refractivity contribution in [2.45, 2.75) is 26.4 Å². The molecule has 0 fully saturated rings. The Labute approximate surface area is 124 Å². The highest BCUT2D eigenvalue weighted by Gasteiger charge is 2.22. The minimum Gasteiger partial charge on any atom is -0.334 e. The van der Waals surface area contributed by atoms with Crippen molar-refractivity contribution < 1.29 is 4.79 Å². The van der Waals surface area contributed by atoms with Gasteiger partial charge in [-0.05, 0) is 40.5 Å². The molecule has 0 saturated carbocycles. The number of benzene rings is 2. The third kappa shape index (κ3) is 2.44. The lowest BCUT2D eigenvalue weighted by molar-refractivity contribution is -0.131. The predicted molar refractivity (Wildman–Crippen MR) is 81.4 cm³/mol. The minimum atomic E-state index is 0.217. The summed E-state index contributed by atoms with van der Waals surface area (Å²) in [6, 6.07) is 14.3. The molecule has 2 nitrogen and oxygen atoms in total. The van der Waals surface area contributed by atoms with E-state index < -0.39 is 0 Å². The van der Waals surface area contributed by atoms with Gasteiger partial charge < -0.3 is 4.90 Å². The normalized spacial score (nSPS) is 13.4. The molecule has 102 valence electrons. The van der Waals surface area contributed by atoms with E-state index in [4.69, 9.17) is 11.6 Å². The smallest absolute Gasteiger partial charge is 0.222 e. The molecule has 2 aromatic carbocycles. The molecule has 0 saturated heterocycles. The molecule has 0 atom stereocenters. The Morgan fingerprint density at radius 3 is 2.40 bits per heavy atom. The Hall–Kier alpha value is -1.80. The van der Waals surface area contributed by atoms with Crippen LogP contribution in [0.25, 0.3) is 11.1 Å². The van der Waals surface area contributed by atoms with Crippen LogP contribution in [0.15, 0.2) is 42.5 Å². The number of carbonyl (C=O) groups excluding carboxylic acids is 1. The van der Waals surface area contributed by atoms with Gasteiger partial charge in [-0.25, -0.2) is 0 Å². The van der Waals surface area contributed by atoms with Crippen LogP contribution in [0.1, 0.15) is 24.5 Å². The van der Waals surface area contributed by atoms with Gasteiger partial charge in [0.05, 0.1) is 0 Å². The van der Waals surface area contributed by atoms with Crippen LogP contribution >= 0.6 is 11.6 Å². The molecule has 0 N–H and O–H groups in total. The van der Waals surface area contributed by atoms with Gasteiger partial charge in [0.25, 0.3) is 0 Å². The summed E-state index contributed by atoms with van der Waals surface area (Å²) in [5.41, 5.74) is 4.83. The van der Waals surface area contributed by atoms with Gasteiger partial charge in [-0.1, -0.05) is 42.8 Å². The number of amides is 1. The first-order valence-electron chi connectivity index (χ1n) is 6.83. The number of nitrogens with zero attached hydrogens (tertiary/aromatic N) is 1. The third-order valence-electron chi connectivity index (χ3n) is 3.76. The van der Waals surface area contributed by atoms with Crippen LogP contribution in [-0.2, 0) is 17.9 Å². The van der Waals surface area contributed by atoms with Gasteiger partial charge >= 0.3 is 0 Å². The molecule has 20 heavy (non-hydrogen) atoms. The fourth-order valence-corrected chi connectivity index (χ4v) is 2.74. The Morgan fingerprint density at radius 2 is 1.70 bits per heavy atom. The van der Waals surface area contributed by atoms with Crippen LogP contribution in [-0.4, -0.2) is 10.8 Å². The third-order valence-corrected chi connectivity index (χ3v) is 4.01. The summed E-state index contributed by atoms with van der Waals surface area (Å²) in [7, 11) is 0. The molecule has 3 heteroatoms. The Balaban J connectivity index is 1.89. The molecule has 1 aliphatic rings. The van der Waals surface area contributed by atoms with Crippen molar-refractivity contribution in [1.29, 1.82) is 0 Å². The molecular formula is C17H16ClNO. The van der Waals surface area contributed by atoms with Crippen LogP contribution in [0.2, 0.25) is 5.02 Å². The van der Waals surface area contributed by atoms with Crippen molar-refractivity contribution in [3.8, 4) is 11.1 Å². The molecule has 0 radical (unpaired) electrons. The summed E-state index contributed by atoms with van der Waals surface area (Å²) in [4.78, 5) is 13.7. The highest BCUT2D eigenvalue weighted by atomic mass is 35.5. The van der Waals surface area contributed by atoms with Gasteiger partial charge in [0.1, 0.15) is 0 Å². The quantitative estimate of drug-likeness (QED) is 0.807. The maximum Gasteiger partial charge on any atom is 0.222 e. The molecule has 0 spiro atoms. The van der Waals surface area contributed by atoms with E-state index in [-0.39, 0.29) is 5.91 Å². The zero-order valence-electron chi connectivity index (χ0n) is 11.4. The van der Waals surface area contributed by atoms with Gasteiger partial charge in [0.15, 0.2) is 0 Å². The van der Waals surface area contributed by atoms with Crippen LogP contribution in [0.5, 0.6) is 0 Å². The van der Waals surface area contributed by atoms with Crippen molar-refractivity contribution in [3.05, 3.63) is 58.6 Å². The van der Waals surface area contributed by atoms with E-state index in [9.17, 15) is 4.79 Å². The molecule has 1 aliphatic heterocycles. The fourth-order valence-electron chi connectivity index (χ4n) is 2.62. The van der Waals surface area contributed by atoms with E-state index in [0.717, 1.165) is 23.7 Å². The van der Waals surface area contributed by atoms with E-state index in [1.54, 1.807) is 0 Å².